The van der Waals surface area contributed by atoms with E-state index in [1.807, 2.05) is 0 Å². The van der Waals surface area contributed by atoms with Crippen LogP contribution in [0.5, 0.6) is 5.75 Å². The number of nitro benzene ring substituents is 1. The fourth-order valence-corrected chi connectivity index (χ4v) is 1.10. The average Bonchev–Trinajstić information content (AvgIpc) is 2.16. The summed E-state index contributed by atoms with van der Waals surface area (Å²) < 4.78 is 0. The van der Waals surface area contributed by atoms with Crippen molar-refractivity contribution >= 4 is 12.0 Å². The van der Waals surface area contributed by atoms with Crippen LogP contribution in [0.3, 0.4) is 0 Å². The molecule has 1 N–H and O–H groups in total. The summed E-state index contributed by atoms with van der Waals surface area (Å²) in [5.74, 6) is -0.0162. The number of aryl methyl sites for hydroxylation is 1. The number of rotatable bonds is 4. The molecule has 0 unspecified atom stereocenters. The lowest BCUT2D eigenvalue weighted by Crippen LogP contribution is -1.92. The summed E-state index contributed by atoms with van der Waals surface area (Å²) in [6.07, 6.45) is 1.27. The number of non-ortho nitro benzene ring substituents is 1. The van der Waals surface area contributed by atoms with Gasteiger partial charge in [0.1, 0.15) is 12.0 Å². The molecule has 1 aromatic rings. The molecule has 0 fully saturated rings. The number of benzene rings is 1. The molecule has 0 saturated heterocycles. The number of phenolic OH excluding ortho intramolecular Hbond substituents is 1. The number of carbonyl (C=O) groups excluding carboxylic acids is 1. The zero-order valence-corrected chi connectivity index (χ0v) is 7.34. The summed E-state index contributed by atoms with van der Waals surface area (Å²) in [7, 11) is 0. The monoisotopic (exact) mass is 195 g/mol. The van der Waals surface area contributed by atoms with Crippen molar-refractivity contribution in [1.29, 1.82) is 0 Å². The van der Waals surface area contributed by atoms with Crippen LogP contribution < -0.4 is 0 Å². The minimum absolute atomic E-state index is 0.0162. The number of nitrogens with zero attached hydrogens (tertiary/aromatic N) is 1. The van der Waals surface area contributed by atoms with Gasteiger partial charge in [-0.3, -0.25) is 10.1 Å². The number of hydrogen-bond donors (Lipinski definition) is 1. The highest BCUT2D eigenvalue weighted by Crippen LogP contribution is 2.23. The van der Waals surface area contributed by atoms with Crippen molar-refractivity contribution in [3.05, 3.63) is 33.9 Å². The Labute approximate surface area is 80.1 Å². The van der Waals surface area contributed by atoms with Crippen molar-refractivity contribution in [1.82, 2.24) is 0 Å². The van der Waals surface area contributed by atoms with Crippen LogP contribution in [-0.2, 0) is 11.2 Å². The Kier molecular flexibility index (Phi) is 3.17. The quantitative estimate of drug-likeness (QED) is 0.447. The second-order valence-corrected chi connectivity index (χ2v) is 2.78. The normalized spacial score (nSPS) is 9.71. The van der Waals surface area contributed by atoms with Crippen molar-refractivity contribution in [2.24, 2.45) is 0 Å². The van der Waals surface area contributed by atoms with Gasteiger partial charge in [0.05, 0.1) is 4.92 Å². The van der Waals surface area contributed by atoms with E-state index in [1.54, 1.807) is 0 Å². The summed E-state index contributed by atoms with van der Waals surface area (Å²) in [5, 5.41) is 19.7. The molecule has 1 aromatic carbocycles. The van der Waals surface area contributed by atoms with E-state index in [0.717, 1.165) is 0 Å². The lowest BCUT2D eigenvalue weighted by molar-refractivity contribution is -0.384. The van der Waals surface area contributed by atoms with Crippen LogP contribution in [0.25, 0.3) is 0 Å². The Hall–Kier alpha value is -1.91. The van der Waals surface area contributed by atoms with Gasteiger partial charge in [0.15, 0.2) is 0 Å². The second-order valence-electron chi connectivity index (χ2n) is 2.78. The smallest absolute Gasteiger partial charge is 0.269 e. The predicted octanol–water partition coefficient (Wildman–Crippen LogP) is 1.43. The van der Waals surface area contributed by atoms with Crippen molar-refractivity contribution < 1.29 is 14.8 Å². The van der Waals surface area contributed by atoms with Gasteiger partial charge in [-0.25, -0.2) is 0 Å². The Morgan fingerprint density at radius 1 is 1.50 bits per heavy atom. The summed E-state index contributed by atoms with van der Waals surface area (Å²) in [6.45, 7) is 0. The van der Waals surface area contributed by atoms with Gasteiger partial charge in [-0.1, -0.05) is 0 Å². The first kappa shape index (κ1) is 10.2. The van der Waals surface area contributed by atoms with Gasteiger partial charge in [0.2, 0.25) is 0 Å². The van der Waals surface area contributed by atoms with Crippen molar-refractivity contribution in [3.63, 3.8) is 0 Å². The molecule has 0 radical (unpaired) electrons. The standard InChI is InChI=1S/C9H9NO4/c11-5-1-2-7-6-8(10(13)14)3-4-9(7)12/h3-6,12H,1-2H2. The Morgan fingerprint density at radius 3 is 2.79 bits per heavy atom. The maximum absolute atomic E-state index is 10.4. The highest BCUT2D eigenvalue weighted by molar-refractivity contribution is 5.52. The minimum Gasteiger partial charge on any atom is -0.508 e. The topological polar surface area (TPSA) is 80.4 Å². The molecule has 5 nitrogen and oxygen atoms in total. The van der Waals surface area contributed by atoms with E-state index in [2.05, 4.69) is 0 Å². The number of hydrogen-bond acceptors (Lipinski definition) is 4. The van der Waals surface area contributed by atoms with Gasteiger partial charge in [-0.15, -0.1) is 0 Å². The molecule has 0 atom stereocenters. The molecule has 74 valence electrons. The zero-order chi connectivity index (χ0) is 10.6. The zero-order valence-electron chi connectivity index (χ0n) is 7.34. The third-order valence-corrected chi connectivity index (χ3v) is 1.81. The molecule has 0 amide bonds. The lowest BCUT2D eigenvalue weighted by atomic mass is 10.1. The molecular formula is C9H9NO4. The minimum atomic E-state index is -0.538. The van der Waals surface area contributed by atoms with E-state index in [4.69, 9.17) is 0 Å². The van der Waals surface area contributed by atoms with Crippen LogP contribution >= 0.6 is 0 Å². The van der Waals surface area contributed by atoms with Gasteiger partial charge >= 0.3 is 0 Å². The fourth-order valence-electron chi connectivity index (χ4n) is 1.10. The Morgan fingerprint density at radius 2 is 2.21 bits per heavy atom. The summed E-state index contributed by atoms with van der Waals surface area (Å²) in [6, 6.07) is 3.76. The largest absolute Gasteiger partial charge is 0.508 e. The average molecular weight is 195 g/mol. The number of phenols is 1. The van der Waals surface area contributed by atoms with E-state index >= 15 is 0 Å². The van der Waals surface area contributed by atoms with Crippen LogP contribution in [0.15, 0.2) is 18.2 Å². The molecule has 0 bridgehead atoms. The summed E-state index contributed by atoms with van der Waals surface area (Å²) in [4.78, 5) is 19.9. The van der Waals surface area contributed by atoms with Crippen LogP contribution in [0, 0.1) is 10.1 Å². The molecule has 0 spiro atoms. The molecule has 0 heterocycles. The van der Waals surface area contributed by atoms with Crippen LogP contribution in [0.2, 0.25) is 0 Å². The van der Waals surface area contributed by atoms with Crippen molar-refractivity contribution in [2.75, 3.05) is 0 Å². The third kappa shape index (κ3) is 2.29. The van der Waals surface area contributed by atoms with Crippen LogP contribution in [0.1, 0.15) is 12.0 Å². The summed E-state index contributed by atoms with van der Waals surface area (Å²) in [5.41, 5.74) is 0.343. The van der Waals surface area contributed by atoms with E-state index < -0.39 is 4.92 Å². The molecule has 0 aromatic heterocycles. The number of nitro groups is 1. The van der Waals surface area contributed by atoms with Gasteiger partial charge in [0, 0.05) is 24.1 Å². The third-order valence-electron chi connectivity index (χ3n) is 1.81. The van der Waals surface area contributed by atoms with Gasteiger partial charge < -0.3 is 9.90 Å². The first-order chi connectivity index (χ1) is 6.65. The Balaban J connectivity index is 2.95. The van der Waals surface area contributed by atoms with Gasteiger partial charge in [-0.05, 0) is 12.5 Å². The summed E-state index contributed by atoms with van der Waals surface area (Å²) >= 11 is 0. The first-order valence-electron chi connectivity index (χ1n) is 4.05. The van der Waals surface area contributed by atoms with Crippen LogP contribution in [0.4, 0.5) is 5.69 Å². The first-order valence-corrected chi connectivity index (χ1v) is 4.05. The number of aromatic hydroxyl groups is 1. The number of aldehydes is 1. The van der Waals surface area contributed by atoms with Crippen molar-refractivity contribution in [2.45, 2.75) is 12.8 Å². The van der Waals surface area contributed by atoms with E-state index in [0.29, 0.717) is 18.3 Å². The molecule has 14 heavy (non-hydrogen) atoms. The predicted molar refractivity (Wildman–Crippen MR) is 49.1 cm³/mol. The van der Waals surface area contributed by atoms with E-state index in [9.17, 15) is 20.0 Å². The van der Waals surface area contributed by atoms with E-state index in [-0.39, 0.29) is 17.9 Å². The van der Waals surface area contributed by atoms with Gasteiger partial charge in [-0.2, -0.15) is 0 Å². The van der Waals surface area contributed by atoms with Crippen LogP contribution in [-0.4, -0.2) is 16.3 Å². The molecule has 0 aliphatic heterocycles. The lowest BCUT2D eigenvalue weighted by Gasteiger charge is -2.01. The molecule has 0 saturated carbocycles. The molecule has 1 rings (SSSR count). The molecule has 5 heteroatoms. The highest BCUT2D eigenvalue weighted by Gasteiger charge is 2.09. The molecule has 0 aliphatic rings. The highest BCUT2D eigenvalue weighted by atomic mass is 16.6. The Bertz CT molecular complexity index is 362. The second kappa shape index (κ2) is 4.36. The maximum Gasteiger partial charge on any atom is 0.269 e. The van der Waals surface area contributed by atoms with Gasteiger partial charge in [0.25, 0.3) is 5.69 Å². The molecular weight excluding hydrogens is 186 g/mol. The number of carbonyl (C=O) groups is 1. The van der Waals surface area contributed by atoms with Crippen molar-refractivity contribution in [3.8, 4) is 5.75 Å². The fraction of sp³-hybridized carbons (Fsp3) is 0.222. The van der Waals surface area contributed by atoms with E-state index in [1.165, 1.54) is 18.2 Å². The molecule has 0 aliphatic carbocycles. The maximum atomic E-state index is 10.4. The SMILES string of the molecule is O=CCCc1cc([N+](=O)[O-])ccc1O.